The van der Waals surface area contributed by atoms with Crippen molar-refractivity contribution in [2.75, 3.05) is 18.1 Å². The number of anilines is 1. The van der Waals surface area contributed by atoms with E-state index in [1.54, 1.807) is 25.2 Å². The van der Waals surface area contributed by atoms with Crippen molar-refractivity contribution < 1.29 is 14.3 Å². The molecule has 3 aliphatic rings. The number of hydrazone groups is 1. The molecule has 1 saturated carbocycles. The Labute approximate surface area is 193 Å². The molecule has 4 unspecified atom stereocenters. The molecule has 1 aliphatic carbocycles. The van der Waals surface area contributed by atoms with Gasteiger partial charge in [-0.2, -0.15) is 5.10 Å². The van der Waals surface area contributed by atoms with E-state index >= 15 is 0 Å². The van der Waals surface area contributed by atoms with Crippen LogP contribution >= 0.6 is 11.3 Å². The molecular formula is C24H32N4O3S. The van der Waals surface area contributed by atoms with Crippen molar-refractivity contribution in [2.24, 2.45) is 16.9 Å². The van der Waals surface area contributed by atoms with Gasteiger partial charge in [0.05, 0.1) is 17.2 Å². The molecule has 0 aromatic carbocycles. The van der Waals surface area contributed by atoms with Crippen molar-refractivity contribution in [2.45, 2.75) is 70.9 Å². The quantitative estimate of drug-likeness (QED) is 0.732. The Kier molecular flexibility index (Phi) is 5.40. The van der Waals surface area contributed by atoms with Gasteiger partial charge in [0, 0.05) is 42.0 Å². The number of rotatable bonds is 4. The Hall–Kier alpha value is -2.19. The number of likely N-dealkylation sites (tertiary alicyclic amines) is 1. The van der Waals surface area contributed by atoms with Crippen molar-refractivity contribution in [3.63, 3.8) is 0 Å². The molecule has 8 heteroatoms. The number of aliphatic hydroxyl groups is 1. The average molecular weight is 457 g/mol. The minimum Gasteiger partial charge on any atom is -0.445 e. The van der Waals surface area contributed by atoms with Crippen LogP contribution in [0.3, 0.4) is 0 Å². The minimum absolute atomic E-state index is 0.0239. The fourth-order valence-electron chi connectivity index (χ4n) is 5.17. The van der Waals surface area contributed by atoms with E-state index in [1.165, 1.54) is 12.8 Å². The van der Waals surface area contributed by atoms with Crippen LogP contribution in [-0.4, -0.2) is 46.2 Å². The summed E-state index contributed by atoms with van der Waals surface area (Å²) < 4.78 is 5.95. The van der Waals surface area contributed by atoms with Gasteiger partial charge in [-0.05, 0) is 59.3 Å². The fraction of sp³-hybridized carbons (Fsp3) is 0.625. The van der Waals surface area contributed by atoms with E-state index in [-0.39, 0.29) is 17.9 Å². The van der Waals surface area contributed by atoms with E-state index in [0.717, 1.165) is 30.6 Å². The second-order valence-corrected chi connectivity index (χ2v) is 10.9. The van der Waals surface area contributed by atoms with Crippen LogP contribution in [0.1, 0.15) is 80.1 Å². The topological polar surface area (TPSA) is 82.2 Å². The van der Waals surface area contributed by atoms with Gasteiger partial charge in [-0.15, -0.1) is 11.3 Å². The standard InChI is InChI=1S/C24H32N4O3S/c1-14-5-6-18(22-26-21(15(2)31-22)24(3,4)30)10-27(14)23(29)19-12-32-13-20(19)28-11-17-8-7-16(17)9-25-28/h9,12-14,16-18,30H,5-8,10-11H2,1-4H3. The molecule has 2 aromatic heterocycles. The number of nitrogens with zero attached hydrogens (tertiary/aromatic N) is 4. The molecule has 2 aliphatic heterocycles. The maximum atomic E-state index is 13.7. The molecule has 1 amide bonds. The summed E-state index contributed by atoms with van der Waals surface area (Å²) in [6, 6.07) is 0.150. The highest BCUT2D eigenvalue weighted by Crippen LogP contribution is 2.40. The third kappa shape index (κ3) is 3.77. The Bertz CT molecular complexity index is 1040. The number of oxazole rings is 1. The number of fused-ring (bicyclic) bond motifs is 1. The Balaban J connectivity index is 1.36. The van der Waals surface area contributed by atoms with Crippen molar-refractivity contribution in [1.29, 1.82) is 0 Å². The van der Waals surface area contributed by atoms with Gasteiger partial charge in [-0.1, -0.05) is 0 Å². The summed E-state index contributed by atoms with van der Waals surface area (Å²) in [5.41, 5.74) is 1.18. The van der Waals surface area contributed by atoms with E-state index < -0.39 is 5.60 Å². The molecule has 1 N–H and O–H groups in total. The van der Waals surface area contributed by atoms with Crippen LogP contribution in [0, 0.1) is 18.8 Å². The van der Waals surface area contributed by atoms with E-state index in [9.17, 15) is 9.90 Å². The average Bonchev–Trinajstić information content (AvgIpc) is 3.35. The van der Waals surface area contributed by atoms with Crippen LogP contribution in [0.15, 0.2) is 20.3 Å². The number of piperidine rings is 1. The first-order valence-electron chi connectivity index (χ1n) is 11.6. The van der Waals surface area contributed by atoms with Crippen LogP contribution in [-0.2, 0) is 5.60 Å². The summed E-state index contributed by atoms with van der Waals surface area (Å²) in [6.07, 6.45) is 6.34. The monoisotopic (exact) mass is 456 g/mol. The van der Waals surface area contributed by atoms with Crippen LogP contribution in [0.5, 0.6) is 0 Å². The second kappa shape index (κ2) is 7.99. The van der Waals surface area contributed by atoms with Gasteiger partial charge in [-0.3, -0.25) is 9.80 Å². The van der Waals surface area contributed by atoms with Gasteiger partial charge in [0.1, 0.15) is 17.1 Å². The maximum Gasteiger partial charge on any atom is 0.257 e. The first-order valence-corrected chi connectivity index (χ1v) is 12.6. The van der Waals surface area contributed by atoms with E-state index in [1.807, 2.05) is 27.6 Å². The number of hydrogen-bond donors (Lipinski definition) is 1. The zero-order chi connectivity index (χ0) is 22.6. The SMILES string of the molecule is Cc1oc(C2CCC(C)N(C(=O)c3cscc3N3CC4CCC4C=N3)C2)nc1C(C)(C)O. The second-order valence-electron chi connectivity index (χ2n) is 10.1. The van der Waals surface area contributed by atoms with Crippen molar-refractivity contribution >= 4 is 29.1 Å². The minimum atomic E-state index is -1.05. The lowest BCUT2D eigenvalue weighted by Gasteiger charge is -2.41. The van der Waals surface area contributed by atoms with Crippen molar-refractivity contribution in [3.05, 3.63) is 33.7 Å². The molecule has 0 bridgehead atoms. The van der Waals surface area contributed by atoms with E-state index in [2.05, 4.69) is 23.2 Å². The third-order valence-corrected chi connectivity index (χ3v) is 8.05. The predicted molar refractivity (Wildman–Crippen MR) is 125 cm³/mol. The van der Waals surface area contributed by atoms with Crippen LogP contribution in [0.4, 0.5) is 5.69 Å². The summed E-state index contributed by atoms with van der Waals surface area (Å²) in [6.45, 7) is 8.84. The van der Waals surface area contributed by atoms with Crippen molar-refractivity contribution in [1.82, 2.24) is 9.88 Å². The van der Waals surface area contributed by atoms with Crippen LogP contribution in [0.2, 0.25) is 0 Å². The van der Waals surface area contributed by atoms with Gasteiger partial charge in [0.15, 0.2) is 5.89 Å². The summed E-state index contributed by atoms with van der Waals surface area (Å²) in [5, 5.41) is 21.1. The first kappa shape index (κ1) is 21.6. The highest BCUT2D eigenvalue weighted by molar-refractivity contribution is 7.08. The Morgan fingerprint density at radius 3 is 2.69 bits per heavy atom. The predicted octanol–water partition coefficient (Wildman–Crippen LogP) is 4.51. The summed E-state index contributed by atoms with van der Waals surface area (Å²) in [5.74, 6) is 2.61. The summed E-state index contributed by atoms with van der Waals surface area (Å²) in [4.78, 5) is 20.2. The summed E-state index contributed by atoms with van der Waals surface area (Å²) >= 11 is 1.56. The number of thiophene rings is 1. The molecule has 0 spiro atoms. The number of aromatic nitrogens is 1. The normalized spacial score (nSPS) is 27.9. The lowest BCUT2D eigenvalue weighted by molar-refractivity contribution is 0.0595. The molecule has 4 heterocycles. The fourth-order valence-corrected chi connectivity index (χ4v) is 5.97. The highest BCUT2D eigenvalue weighted by atomic mass is 32.1. The van der Waals surface area contributed by atoms with E-state index in [4.69, 9.17) is 4.42 Å². The zero-order valence-electron chi connectivity index (χ0n) is 19.2. The first-order chi connectivity index (χ1) is 15.2. The van der Waals surface area contributed by atoms with Gasteiger partial charge >= 0.3 is 0 Å². The van der Waals surface area contributed by atoms with Gasteiger partial charge < -0.3 is 14.4 Å². The van der Waals surface area contributed by atoms with Crippen LogP contribution in [0.25, 0.3) is 0 Å². The van der Waals surface area contributed by atoms with Gasteiger partial charge in [0.25, 0.3) is 5.91 Å². The van der Waals surface area contributed by atoms with Gasteiger partial charge in [0.2, 0.25) is 0 Å². The number of hydrogen-bond acceptors (Lipinski definition) is 7. The molecular weight excluding hydrogens is 424 g/mol. The van der Waals surface area contributed by atoms with Crippen LogP contribution < -0.4 is 5.01 Å². The van der Waals surface area contributed by atoms with Crippen molar-refractivity contribution in [3.8, 4) is 0 Å². The maximum absolute atomic E-state index is 13.7. The smallest absolute Gasteiger partial charge is 0.257 e. The number of amides is 1. The molecule has 2 aromatic rings. The number of aryl methyl sites for hydroxylation is 1. The molecule has 32 heavy (non-hydrogen) atoms. The molecule has 0 radical (unpaired) electrons. The molecule has 4 atom stereocenters. The van der Waals surface area contributed by atoms with E-state index in [0.29, 0.717) is 35.7 Å². The molecule has 7 nitrogen and oxygen atoms in total. The number of carbonyl (C=O) groups excluding carboxylic acids is 1. The third-order valence-electron chi connectivity index (χ3n) is 7.32. The molecule has 5 rings (SSSR count). The Morgan fingerprint density at radius 2 is 2.03 bits per heavy atom. The molecule has 1 saturated heterocycles. The number of carbonyl (C=O) groups is 1. The van der Waals surface area contributed by atoms with Gasteiger partial charge in [-0.25, -0.2) is 4.98 Å². The molecule has 2 fully saturated rings. The lowest BCUT2D eigenvalue weighted by atomic mass is 9.73. The Morgan fingerprint density at radius 1 is 1.22 bits per heavy atom. The molecule has 172 valence electrons. The summed E-state index contributed by atoms with van der Waals surface area (Å²) in [7, 11) is 0. The largest absolute Gasteiger partial charge is 0.445 e. The highest BCUT2D eigenvalue weighted by Gasteiger charge is 2.38. The zero-order valence-corrected chi connectivity index (χ0v) is 20.1. The lowest BCUT2D eigenvalue weighted by Crippen LogP contribution is -2.45.